The fraction of sp³-hybridized carbons (Fsp3) is 0.125. The number of urea groups is 1. The van der Waals surface area contributed by atoms with Crippen LogP contribution in [0.2, 0.25) is 0 Å². The van der Waals surface area contributed by atoms with Crippen molar-refractivity contribution < 1.29 is 9.53 Å². The van der Waals surface area contributed by atoms with Crippen LogP contribution in [0.5, 0.6) is 5.75 Å². The second-order valence-corrected chi connectivity index (χ2v) is 2.52. The number of hydrogen-bond donors (Lipinski definition) is 3. The van der Waals surface area contributed by atoms with E-state index in [9.17, 15) is 4.79 Å². The van der Waals surface area contributed by atoms with Crippen molar-refractivity contribution in [3.05, 3.63) is 24.3 Å². The highest BCUT2D eigenvalue weighted by atomic mass is 16.5. The largest absolute Gasteiger partial charge is 0.497 e. The molecule has 0 fully saturated rings. The lowest BCUT2D eigenvalue weighted by Crippen LogP contribution is -2.47. The van der Waals surface area contributed by atoms with Gasteiger partial charge in [0.15, 0.2) is 0 Å². The molecule has 0 unspecified atom stereocenters. The third kappa shape index (κ3) is 2.12. The Labute approximate surface area is 81.4 Å². The fourth-order valence-corrected chi connectivity index (χ4v) is 0.930. The highest BCUT2D eigenvalue weighted by Crippen LogP contribution is 2.16. The molecule has 0 aromatic heterocycles. The van der Waals surface area contributed by atoms with Gasteiger partial charge < -0.3 is 4.74 Å². The zero-order valence-corrected chi connectivity index (χ0v) is 7.73. The summed E-state index contributed by atoms with van der Waals surface area (Å²) in [5.41, 5.74) is 2.44. The van der Waals surface area contributed by atoms with Crippen LogP contribution in [0, 0.1) is 0 Å². The molecule has 76 valence electrons. The Bertz CT molecular complexity index is 312. The van der Waals surface area contributed by atoms with Crippen molar-refractivity contribution in [2.45, 2.75) is 0 Å². The first-order chi connectivity index (χ1) is 6.69. The maximum Gasteiger partial charge on any atom is 0.350 e. The molecule has 1 aromatic rings. The van der Waals surface area contributed by atoms with Gasteiger partial charge in [0.25, 0.3) is 0 Å². The lowest BCUT2D eigenvalue weighted by molar-refractivity contribution is 0.246. The summed E-state index contributed by atoms with van der Waals surface area (Å²) >= 11 is 0. The first-order valence-corrected chi connectivity index (χ1v) is 3.88. The predicted octanol–water partition coefficient (Wildman–Crippen LogP) is -0.0414. The van der Waals surface area contributed by atoms with Crippen LogP contribution in [0.3, 0.4) is 0 Å². The molecule has 0 aliphatic rings. The quantitative estimate of drug-likeness (QED) is 0.351. The van der Waals surface area contributed by atoms with Gasteiger partial charge >= 0.3 is 6.03 Å². The lowest BCUT2D eigenvalue weighted by atomic mass is 10.3. The van der Waals surface area contributed by atoms with E-state index in [1.165, 1.54) is 0 Å². The van der Waals surface area contributed by atoms with Crippen molar-refractivity contribution in [3.63, 3.8) is 0 Å². The maximum atomic E-state index is 11.0. The highest BCUT2D eigenvalue weighted by molar-refractivity contribution is 5.90. The van der Waals surface area contributed by atoms with Crippen LogP contribution in [-0.2, 0) is 0 Å². The number of carbonyl (C=O) groups excluding carboxylic acids is 1. The number of methoxy groups -OCH3 is 1. The average molecular weight is 196 g/mol. The molecule has 6 heteroatoms. The smallest absolute Gasteiger partial charge is 0.350 e. The number of anilines is 1. The fourth-order valence-electron chi connectivity index (χ4n) is 0.930. The summed E-state index contributed by atoms with van der Waals surface area (Å²) in [6, 6.07) is 6.09. The highest BCUT2D eigenvalue weighted by Gasteiger charge is 2.08. The minimum atomic E-state index is -0.588. The van der Waals surface area contributed by atoms with E-state index in [0.717, 1.165) is 5.01 Å². The molecule has 1 aromatic carbocycles. The van der Waals surface area contributed by atoms with Gasteiger partial charge in [0.1, 0.15) is 5.75 Å². The van der Waals surface area contributed by atoms with Crippen LogP contribution in [0.25, 0.3) is 0 Å². The Morgan fingerprint density at radius 3 is 2.43 bits per heavy atom. The molecule has 0 saturated heterocycles. The number of benzene rings is 1. The molecule has 0 radical (unpaired) electrons. The van der Waals surface area contributed by atoms with Gasteiger partial charge in [0.2, 0.25) is 0 Å². The lowest BCUT2D eigenvalue weighted by Gasteiger charge is -2.15. The van der Waals surface area contributed by atoms with Gasteiger partial charge in [-0.15, -0.1) is 0 Å². The Kier molecular flexibility index (Phi) is 3.27. The van der Waals surface area contributed by atoms with Crippen molar-refractivity contribution in [1.82, 2.24) is 5.43 Å². The van der Waals surface area contributed by atoms with Crippen molar-refractivity contribution in [3.8, 4) is 5.75 Å². The number of hydrogen-bond acceptors (Lipinski definition) is 4. The van der Waals surface area contributed by atoms with Crippen molar-refractivity contribution in [1.29, 1.82) is 0 Å². The van der Waals surface area contributed by atoms with Crippen molar-refractivity contribution in [2.75, 3.05) is 12.1 Å². The van der Waals surface area contributed by atoms with Crippen LogP contribution in [0.4, 0.5) is 10.5 Å². The summed E-state index contributed by atoms with van der Waals surface area (Å²) in [5, 5.41) is 0.902. The molecule has 0 spiro atoms. The number of amides is 2. The third-order valence-corrected chi connectivity index (χ3v) is 1.69. The molecule has 6 nitrogen and oxygen atoms in total. The van der Waals surface area contributed by atoms with Crippen LogP contribution >= 0.6 is 0 Å². The Hall–Kier alpha value is -1.79. The number of carbonyl (C=O) groups is 1. The molecule has 0 aliphatic heterocycles. The van der Waals surface area contributed by atoms with Gasteiger partial charge in [-0.25, -0.2) is 21.5 Å². The maximum absolute atomic E-state index is 11.0. The summed E-state index contributed by atoms with van der Waals surface area (Å²) in [6.45, 7) is 0. The summed E-state index contributed by atoms with van der Waals surface area (Å²) < 4.78 is 4.95. The molecule has 2 amide bonds. The van der Waals surface area contributed by atoms with E-state index in [4.69, 9.17) is 16.4 Å². The van der Waals surface area contributed by atoms with E-state index < -0.39 is 6.03 Å². The first-order valence-electron chi connectivity index (χ1n) is 3.88. The number of hydrazine groups is 2. The van der Waals surface area contributed by atoms with Gasteiger partial charge in [0.05, 0.1) is 12.8 Å². The van der Waals surface area contributed by atoms with Crippen LogP contribution < -0.4 is 26.9 Å². The monoisotopic (exact) mass is 196 g/mol. The summed E-state index contributed by atoms with van der Waals surface area (Å²) in [5.74, 6) is 11.1. The molecule has 0 saturated carbocycles. The van der Waals surface area contributed by atoms with Crippen molar-refractivity contribution in [2.24, 2.45) is 11.7 Å². The van der Waals surface area contributed by atoms with Gasteiger partial charge in [-0.05, 0) is 24.3 Å². The normalized spacial score (nSPS) is 9.36. The molecule has 0 heterocycles. The van der Waals surface area contributed by atoms with E-state index in [0.29, 0.717) is 11.4 Å². The van der Waals surface area contributed by atoms with Gasteiger partial charge in [0, 0.05) is 0 Å². The van der Waals surface area contributed by atoms with Gasteiger partial charge in [-0.2, -0.15) is 0 Å². The van der Waals surface area contributed by atoms with Crippen molar-refractivity contribution >= 4 is 11.7 Å². The Balaban J connectivity index is 2.81. The minimum absolute atomic E-state index is 0.522. The molecule has 0 atom stereocenters. The molecule has 0 aliphatic carbocycles. The SMILES string of the molecule is COc1ccc(N(N)C(=O)NN)cc1. The second-order valence-electron chi connectivity index (χ2n) is 2.52. The third-order valence-electron chi connectivity index (χ3n) is 1.69. The van der Waals surface area contributed by atoms with Crippen LogP contribution in [0.1, 0.15) is 0 Å². The zero-order valence-electron chi connectivity index (χ0n) is 7.73. The molecule has 1 rings (SSSR count). The topological polar surface area (TPSA) is 93.6 Å². The molecule has 0 bridgehead atoms. The summed E-state index contributed by atoms with van der Waals surface area (Å²) in [6.07, 6.45) is 0. The average Bonchev–Trinajstić information content (AvgIpc) is 2.27. The predicted molar refractivity (Wildman–Crippen MR) is 52.4 cm³/mol. The van der Waals surface area contributed by atoms with E-state index in [1.807, 2.05) is 5.43 Å². The Morgan fingerprint density at radius 1 is 1.43 bits per heavy atom. The molecular weight excluding hydrogens is 184 g/mol. The number of nitrogens with zero attached hydrogens (tertiary/aromatic N) is 1. The van der Waals surface area contributed by atoms with Gasteiger partial charge in [-0.1, -0.05) is 0 Å². The summed E-state index contributed by atoms with van der Waals surface area (Å²) in [4.78, 5) is 11.0. The zero-order chi connectivity index (χ0) is 10.6. The molecule has 5 N–H and O–H groups in total. The van der Waals surface area contributed by atoms with E-state index >= 15 is 0 Å². The second kappa shape index (κ2) is 4.45. The summed E-state index contributed by atoms with van der Waals surface area (Å²) in [7, 11) is 1.56. The van der Waals surface area contributed by atoms with Crippen LogP contribution in [0.15, 0.2) is 24.3 Å². The number of ether oxygens (including phenoxy) is 1. The van der Waals surface area contributed by atoms with E-state index in [2.05, 4.69) is 0 Å². The van der Waals surface area contributed by atoms with E-state index in [1.54, 1.807) is 31.4 Å². The van der Waals surface area contributed by atoms with Crippen LogP contribution in [-0.4, -0.2) is 13.1 Å². The molecule has 14 heavy (non-hydrogen) atoms. The minimum Gasteiger partial charge on any atom is -0.497 e. The molecular formula is C8H12N4O2. The number of nitrogens with one attached hydrogen (secondary N) is 1. The standard InChI is InChI=1S/C8H12N4O2/c1-14-7-4-2-6(3-5-7)12(10)8(13)11-9/h2-5H,9-10H2,1H3,(H,11,13). The number of nitrogens with two attached hydrogens (primary N) is 2. The van der Waals surface area contributed by atoms with Gasteiger partial charge in [-0.3, -0.25) is 5.43 Å². The van der Waals surface area contributed by atoms with E-state index in [-0.39, 0.29) is 0 Å². The first kappa shape index (κ1) is 10.3. The Morgan fingerprint density at radius 2 is 2.00 bits per heavy atom. The number of rotatable bonds is 2.